The standard InChI is InChI=1S/C20H23N3O3S.ClH/c21-15-6-11-18-14(13-15)3-1-4-19(18)22-27(25,26)17-9-7-16(8-10-17)23-12-2-5-20(23)24;/h6-11,13,19,22H,1-5,12,21H2;1H. The van der Waals surface area contributed by atoms with E-state index in [0.717, 1.165) is 42.5 Å². The van der Waals surface area contributed by atoms with Gasteiger partial charge in [-0.1, -0.05) is 6.07 Å². The first-order chi connectivity index (χ1) is 12.9. The summed E-state index contributed by atoms with van der Waals surface area (Å²) in [6, 6.07) is 11.9. The number of nitrogen functional groups attached to an aromatic ring is 1. The highest BCUT2D eigenvalue weighted by Crippen LogP contribution is 2.32. The molecule has 1 unspecified atom stereocenters. The number of nitrogens with two attached hydrogens (primary N) is 1. The molecule has 0 bridgehead atoms. The van der Waals surface area contributed by atoms with Crippen molar-refractivity contribution in [1.82, 2.24) is 4.72 Å². The average Bonchev–Trinajstić information content (AvgIpc) is 3.07. The van der Waals surface area contributed by atoms with Gasteiger partial charge in [-0.3, -0.25) is 4.79 Å². The number of amides is 1. The maximum absolute atomic E-state index is 12.9. The Hall–Kier alpha value is -2.09. The molecule has 2 aromatic rings. The number of nitrogens with zero attached hydrogens (tertiary/aromatic N) is 1. The fraction of sp³-hybridized carbons (Fsp3) is 0.350. The lowest BCUT2D eigenvalue weighted by Crippen LogP contribution is -2.31. The number of hydrogen-bond acceptors (Lipinski definition) is 4. The first kappa shape index (κ1) is 20.6. The van der Waals surface area contributed by atoms with Crippen molar-refractivity contribution in [3.8, 4) is 0 Å². The van der Waals surface area contributed by atoms with E-state index in [1.165, 1.54) is 0 Å². The van der Waals surface area contributed by atoms with Crippen molar-refractivity contribution in [2.45, 2.75) is 43.0 Å². The molecular formula is C20H24ClN3O3S. The maximum Gasteiger partial charge on any atom is 0.241 e. The predicted octanol–water partition coefficient (Wildman–Crippen LogP) is 3.17. The summed E-state index contributed by atoms with van der Waals surface area (Å²) in [5, 5.41) is 0. The minimum absolute atomic E-state index is 0. The van der Waals surface area contributed by atoms with Gasteiger partial charge in [-0.15, -0.1) is 12.4 Å². The fourth-order valence-corrected chi connectivity index (χ4v) is 5.19. The van der Waals surface area contributed by atoms with E-state index in [-0.39, 0.29) is 29.3 Å². The summed E-state index contributed by atoms with van der Waals surface area (Å²) in [5.74, 6) is 0.0850. The van der Waals surface area contributed by atoms with E-state index < -0.39 is 10.0 Å². The smallest absolute Gasteiger partial charge is 0.241 e. The van der Waals surface area contributed by atoms with Gasteiger partial charge < -0.3 is 10.6 Å². The van der Waals surface area contributed by atoms with Gasteiger partial charge in [0, 0.05) is 30.4 Å². The topological polar surface area (TPSA) is 92.5 Å². The van der Waals surface area contributed by atoms with Crippen LogP contribution in [0.3, 0.4) is 0 Å². The van der Waals surface area contributed by atoms with Gasteiger partial charge in [-0.2, -0.15) is 0 Å². The van der Waals surface area contributed by atoms with E-state index in [1.807, 2.05) is 18.2 Å². The first-order valence-corrected chi connectivity index (χ1v) is 10.7. The molecule has 1 fully saturated rings. The van der Waals surface area contributed by atoms with Crippen LogP contribution in [0.15, 0.2) is 47.4 Å². The zero-order chi connectivity index (χ0) is 19.0. The molecule has 0 spiro atoms. The molecular weight excluding hydrogens is 398 g/mol. The van der Waals surface area contributed by atoms with E-state index in [4.69, 9.17) is 5.73 Å². The van der Waals surface area contributed by atoms with Crippen molar-refractivity contribution in [3.63, 3.8) is 0 Å². The molecule has 2 aliphatic rings. The Balaban J connectivity index is 0.00000225. The molecule has 150 valence electrons. The van der Waals surface area contributed by atoms with Gasteiger partial charge in [0.05, 0.1) is 4.90 Å². The number of rotatable bonds is 4. The molecule has 0 aromatic heterocycles. The summed E-state index contributed by atoms with van der Waals surface area (Å²) in [6.07, 6.45) is 3.98. The molecule has 1 saturated heterocycles. The molecule has 1 amide bonds. The van der Waals surface area contributed by atoms with Crippen molar-refractivity contribution in [1.29, 1.82) is 0 Å². The summed E-state index contributed by atoms with van der Waals surface area (Å²) in [4.78, 5) is 13.8. The lowest BCUT2D eigenvalue weighted by Gasteiger charge is -2.26. The third-order valence-electron chi connectivity index (χ3n) is 5.31. The SMILES string of the molecule is Cl.Nc1ccc2c(c1)CCCC2NS(=O)(=O)c1ccc(N2CCCC2=O)cc1. The van der Waals surface area contributed by atoms with Crippen LogP contribution in [0.2, 0.25) is 0 Å². The number of benzene rings is 2. The third kappa shape index (κ3) is 4.01. The van der Waals surface area contributed by atoms with Crippen LogP contribution in [0.1, 0.15) is 42.9 Å². The number of aryl methyl sites for hydroxylation is 1. The van der Waals surface area contributed by atoms with Crippen molar-refractivity contribution in [3.05, 3.63) is 53.6 Å². The van der Waals surface area contributed by atoms with Gasteiger partial charge in [-0.25, -0.2) is 13.1 Å². The highest BCUT2D eigenvalue weighted by atomic mass is 35.5. The van der Waals surface area contributed by atoms with Gasteiger partial charge in [0.15, 0.2) is 0 Å². The molecule has 2 aromatic carbocycles. The minimum Gasteiger partial charge on any atom is -0.399 e. The fourth-order valence-electron chi connectivity index (χ4n) is 3.94. The number of carbonyl (C=O) groups excluding carboxylic acids is 1. The molecule has 28 heavy (non-hydrogen) atoms. The second-order valence-corrected chi connectivity index (χ2v) is 8.88. The largest absolute Gasteiger partial charge is 0.399 e. The molecule has 1 aliphatic heterocycles. The van der Waals surface area contributed by atoms with Crippen molar-refractivity contribution < 1.29 is 13.2 Å². The van der Waals surface area contributed by atoms with Crippen molar-refractivity contribution in [2.24, 2.45) is 0 Å². The Morgan fingerprint density at radius 2 is 1.79 bits per heavy atom. The molecule has 1 aliphatic carbocycles. The lowest BCUT2D eigenvalue weighted by molar-refractivity contribution is -0.117. The molecule has 6 nitrogen and oxygen atoms in total. The van der Waals surface area contributed by atoms with Gasteiger partial charge in [-0.05, 0) is 73.2 Å². The summed E-state index contributed by atoms with van der Waals surface area (Å²) >= 11 is 0. The zero-order valence-corrected chi connectivity index (χ0v) is 17.1. The highest BCUT2D eigenvalue weighted by Gasteiger charge is 2.27. The number of hydrogen-bond donors (Lipinski definition) is 2. The molecule has 3 N–H and O–H groups in total. The second kappa shape index (κ2) is 8.11. The molecule has 1 atom stereocenters. The number of sulfonamides is 1. The summed E-state index contributed by atoms with van der Waals surface area (Å²) in [5.41, 5.74) is 9.41. The van der Waals surface area contributed by atoms with Crippen molar-refractivity contribution >= 4 is 39.7 Å². The van der Waals surface area contributed by atoms with E-state index in [2.05, 4.69) is 4.72 Å². The molecule has 4 rings (SSSR count). The van der Waals surface area contributed by atoms with Crippen LogP contribution >= 0.6 is 12.4 Å². The Morgan fingerprint density at radius 3 is 2.46 bits per heavy atom. The van der Waals surface area contributed by atoms with Crippen LogP contribution in [-0.4, -0.2) is 20.9 Å². The van der Waals surface area contributed by atoms with E-state index in [0.29, 0.717) is 18.7 Å². The first-order valence-electron chi connectivity index (χ1n) is 9.25. The summed E-state index contributed by atoms with van der Waals surface area (Å²) < 4.78 is 28.6. The van der Waals surface area contributed by atoms with E-state index >= 15 is 0 Å². The van der Waals surface area contributed by atoms with Gasteiger partial charge in [0.2, 0.25) is 15.9 Å². The van der Waals surface area contributed by atoms with E-state index in [9.17, 15) is 13.2 Å². The van der Waals surface area contributed by atoms with Crippen molar-refractivity contribution in [2.75, 3.05) is 17.2 Å². The highest BCUT2D eigenvalue weighted by molar-refractivity contribution is 7.89. The number of fused-ring (bicyclic) bond motifs is 1. The maximum atomic E-state index is 12.9. The normalized spacial score (nSPS) is 19.2. The Bertz CT molecular complexity index is 977. The monoisotopic (exact) mass is 421 g/mol. The zero-order valence-electron chi connectivity index (χ0n) is 15.4. The van der Waals surface area contributed by atoms with Gasteiger partial charge >= 0.3 is 0 Å². The Kier molecular flexibility index (Phi) is 5.98. The van der Waals surface area contributed by atoms with Crippen LogP contribution in [0, 0.1) is 0 Å². The van der Waals surface area contributed by atoms with Crippen LogP contribution < -0.4 is 15.4 Å². The number of halogens is 1. The summed E-state index contributed by atoms with van der Waals surface area (Å²) in [7, 11) is -3.65. The summed E-state index contributed by atoms with van der Waals surface area (Å²) in [6.45, 7) is 0.686. The minimum atomic E-state index is -3.65. The molecule has 1 heterocycles. The predicted molar refractivity (Wildman–Crippen MR) is 112 cm³/mol. The molecule has 0 saturated carbocycles. The molecule has 0 radical (unpaired) electrons. The third-order valence-corrected chi connectivity index (χ3v) is 6.80. The van der Waals surface area contributed by atoms with Gasteiger partial charge in [0.1, 0.15) is 0 Å². The van der Waals surface area contributed by atoms with Crippen LogP contribution in [0.25, 0.3) is 0 Å². The van der Waals surface area contributed by atoms with Crippen LogP contribution in [0.4, 0.5) is 11.4 Å². The second-order valence-electron chi connectivity index (χ2n) is 7.17. The Labute approximate surface area is 171 Å². The lowest BCUT2D eigenvalue weighted by atomic mass is 9.88. The molecule has 8 heteroatoms. The average molecular weight is 422 g/mol. The van der Waals surface area contributed by atoms with E-state index in [1.54, 1.807) is 29.2 Å². The van der Waals surface area contributed by atoms with Crippen LogP contribution in [0.5, 0.6) is 0 Å². The van der Waals surface area contributed by atoms with Gasteiger partial charge in [0.25, 0.3) is 0 Å². The number of nitrogens with one attached hydrogen (secondary N) is 1. The van der Waals surface area contributed by atoms with Crippen LogP contribution in [-0.2, 0) is 21.2 Å². The number of anilines is 2. The Morgan fingerprint density at radius 1 is 1.04 bits per heavy atom. The number of carbonyl (C=O) groups is 1. The quantitative estimate of drug-likeness (QED) is 0.741.